The third-order valence-electron chi connectivity index (χ3n) is 2.53. The van der Waals surface area contributed by atoms with Crippen molar-refractivity contribution >= 4 is 5.69 Å². The Labute approximate surface area is 104 Å². The zero-order valence-corrected chi connectivity index (χ0v) is 9.56. The van der Waals surface area contributed by atoms with Gasteiger partial charge in [-0.2, -0.15) is 5.26 Å². The molecule has 0 bridgehead atoms. The van der Waals surface area contributed by atoms with Gasteiger partial charge in [0.05, 0.1) is 0 Å². The summed E-state index contributed by atoms with van der Waals surface area (Å²) in [6.45, 7) is 0.199. The number of rotatable bonds is 3. The van der Waals surface area contributed by atoms with E-state index in [1.54, 1.807) is 18.2 Å². The fourth-order valence-corrected chi connectivity index (χ4v) is 1.55. The van der Waals surface area contributed by atoms with Crippen molar-refractivity contribution in [1.82, 2.24) is 0 Å². The molecule has 3 nitrogen and oxygen atoms in total. The van der Waals surface area contributed by atoms with Crippen LogP contribution < -0.4 is 10.5 Å². The van der Waals surface area contributed by atoms with Gasteiger partial charge < -0.3 is 10.5 Å². The molecule has 4 heteroatoms. The Morgan fingerprint density at radius 3 is 2.67 bits per heavy atom. The van der Waals surface area contributed by atoms with Gasteiger partial charge in [-0.1, -0.05) is 24.3 Å². The molecule has 0 unspecified atom stereocenters. The first-order valence-electron chi connectivity index (χ1n) is 5.37. The smallest absolute Gasteiger partial charge is 0.144 e. The summed E-state index contributed by atoms with van der Waals surface area (Å²) < 4.78 is 18.8. The highest BCUT2D eigenvalue weighted by Gasteiger charge is 2.09. The minimum Gasteiger partial charge on any atom is -0.487 e. The van der Waals surface area contributed by atoms with Crippen molar-refractivity contribution in [2.45, 2.75) is 6.61 Å². The maximum atomic E-state index is 13.3. The summed E-state index contributed by atoms with van der Waals surface area (Å²) in [5.41, 5.74) is 7.08. The van der Waals surface area contributed by atoms with Crippen LogP contribution in [0, 0.1) is 17.1 Å². The van der Waals surface area contributed by atoms with E-state index in [-0.39, 0.29) is 17.9 Å². The van der Waals surface area contributed by atoms with Crippen LogP contribution in [0.2, 0.25) is 0 Å². The average molecular weight is 242 g/mol. The summed E-state index contributed by atoms with van der Waals surface area (Å²) in [6.07, 6.45) is 0. The SMILES string of the molecule is N#Cc1c(F)cccc1OCc1ccccc1N. The molecule has 0 aromatic heterocycles. The zero-order valence-electron chi connectivity index (χ0n) is 9.56. The van der Waals surface area contributed by atoms with Gasteiger partial charge in [0.2, 0.25) is 0 Å². The van der Waals surface area contributed by atoms with Crippen LogP contribution in [0.3, 0.4) is 0 Å². The number of hydrogen-bond acceptors (Lipinski definition) is 3. The Kier molecular flexibility index (Phi) is 3.44. The molecule has 0 saturated carbocycles. The summed E-state index contributed by atoms with van der Waals surface area (Å²) in [6, 6.07) is 13.3. The lowest BCUT2D eigenvalue weighted by Crippen LogP contribution is -2.01. The highest BCUT2D eigenvalue weighted by molar-refractivity contribution is 5.47. The van der Waals surface area contributed by atoms with E-state index in [2.05, 4.69) is 0 Å². The number of para-hydroxylation sites is 1. The second kappa shape index (κ2) is 5.19. The van der Waals surface area contributed by atoms with Crippen LogP contribution in [0.4, 0.5) is 10.1 Å². The van der Waals surface area contributed by atoms with Crippen molar-refractivity contribution in [3.8, 4) is 11.8 Å². The maximum Gasteiger partial charge on any atom is 0.144 e. The number of nitrogens with two attached hydrogens (primary N) is 1. The van der Waals surface area contributed by atoms with E-state index in [9.17, 15) is 4.39 Å². The molecule has 0 spiro atoms. The van der Waals surface area contributed by atoms with Gasteiger partial charge in [0.1, 0.15) is 29.8 Å². The summed E-state index contributed by atoms with van der Waals surface area (Å²) in [5.74, 6) is -0.364. The summed E-state index contributed by atoms with van der Waals surface area (Å²) in [7, 11) is 0. The molecule has 0 amide bonds. The molecule has 0 aliphatic carbocycles. The number of halogens is 1. The predicted molar refractivity (Wildman–Crippen MR) is 66.3 cm³/mol. The Hall–Kier alpha value is -2.54. The molecule has 2 rings (SSSR count). The number of nitrogens with zero attached hydrogens (tertiary/aromatic N) is 1. The van der Waals surface area contributed by atoms with Gasteiger partial charge in [0, 0.05) is 11.3 Å². The molecule has 0 heterocycles. The normalized spacial score (nSPS) is 9.78. The molecule has 0 fully saturated rings. The first kappa shape index (κ1) is 11.9. The minimum atomic E-state index is -0.587. The molecule has 2 aromatic carbocycles. The van der Waals surface area contributed by atoms with Crippen LogP contribution in [-0.4, -0.2) is 0 Å². The third kappa shape index (κ3) is 2.41. The number of nitriles is 1. The highest BCUT2D eigenvalue weighted by Crippen LogP contribution is 2.22. The first-order chi connectivity index (χ1) is 8.72. The second-order valence-electron chi connectivity index (χ2n) is 3.71. The van der Waals surface area contributed by atoms with Gasteiger partial charge in [-0.25, -0.2) is 4.39 Å². The van der Waals surface area contributed by atoms with Crippen LogP contribution >= 0.6 is 0 Å². The first-order valence-corrected chi connectivity index (χ1v) is 5.37. The molecule has 2 N–H and O–H groups in total. The topological polar surface area (TPSA) is 59.0 Å². The van der Waals surface area contributed by atoms with Crippen LogP contribution in [0.5, 0.6) is 5.75 Å². The molecular weight excluding hydrogens is 231 g/mol. The summed E-state index contributed by atoms with van der Waals surface area (Å²) >= 11 is 0. The largest absolute Gasteiger partial charge is 0.487 e. The predicted octanol–water partition coefficient (Wildman–Crippen LogP) is 2.86. The molecule has 0 saturated heterocycles. The van der Waals surface area contributed by atoms with E-state index < -0.39 is 5.82 Å². The number of nitrogen functional groups attached to an aromatic ring is 1. The zero-order chi connectivity index (χ0) is 13.0. The van der Waals surface area contributed by atoms with Crippen molar-refractivity contribution in [1.29, 1.82) is 5.26 Å². The van der Waals surface area contributed by atoms with Crippen molar-refractivity contribution in [2.24, 2.45) is 0 Å². The van der Waals surface area contributed by atoms with E-state index in [1.807, 2.05) is 18.2 Å². The van der Waals surface area contributed by atoms with E-state index in [0.717, 1.165) is 5.56 Å². The summed E-state index contributed by atoms with van der Waals surface area (Å²) in [4.78, 5) is 0. The lowest BCUT2D eigenvalue weighted by molar-refractivity contribution is 0.304. The highest BCUT2D eigenvalue weighted by atomic mass is 19.1. The van der Waals surface area contributed by atoms with Crippen LogP contribution in [-0.2, 0) is 6.61 Å². The maximum absolute atomic E-state index is 13.3. The fourth-order valence-electron chi connectivity index (χ4n) is 1.55. The number of ether oxygens (including phenoxy) is 1. The van der Waals surface area contributed by atoms with E-state index >= 15 is 0 Å². The molecule has 18 heavy (non-hydrogen) atoms. The van der Waals surface area contributed by atoms with Crippen molar-refractivity contribution < 1.29 is 9.13 Å². The monoisotopic (exact) mass is 242 g/mol. The lowest BCUT2D eigenvalue weighted by atomic mass is 10.2. The van der Waals surface area contributed by atoms with E-state index in [4.69, 9.17) is 15.7 Å². The molecule has 2 aromatic rings. The molecule has 90 valence electrons. The quantitative estimate of drug-likeness (QED) is 0.842. The van der Waals surface area contributed by atoms with E-state index in [0.29, 0.717) is 5.69 Å². The van der Waals surface area contributed by atoms with Crippen LogP contribution in [0.15, 0.2) is 42.5 Å². The minimum absolute atomic E-state index is 0.0907. The second-order valence-corrected chi connectivity index (χ2v) is 3.71. The Bertz CT molecular complexity index is 605. The van der Waals surface area contributed by atoms with E-state index in [1.165, 1.54) is 12.1 Å². The number of hydrogen-bond donors (Lipinski definition) is 1. The van der Waals surface area contributed by atoms with Gasteiger partial charge in [-0.3, -0.25) is 0 Å². The van der Waals surface area contributed by atoms with Gasteiger partial charge in [0.25, 0.3) is 0 Å². The number of benzene rings is 2. The van der Waals surface area contributed by atoms with Crippen molar-refractivity contribution in [3.05, 3.63) is 59.4 Å². The van der Waals surface area contributed by atoms with Gasteiger partial charge in [0.15, 0.2) is 0 Å². The Morgan fingerprint density at radius 2 is 1.94 bits per heavy atom. The summed E-state index contributed by atoms with van der Waals surface area (Å²) in [5, 5.41) is 8.86. The molecule has 0 aliphatic rings. The lowest BCUT2D eigenvalue weighted by Gasteiger charge is -2.09. The van der Waals surface area contributed by atoms with Crippen molar-refractivity contribution in [2.75, 3.05) is 5.73 Å². The van der Waals surface area contributed by atoms with Gasteiger partial charge in [-0.05, 0) is 18.2 Å². The fraction of sp³-hybridized carbons (Fsp3) is 0.0714. The standard InChI is InChI=1S/C14H11FN2O/c15-12-5-3-7-14(11(12)8-16)18-9-10-4-1-2-6-13(10)17/h1-7H,9,17H2. The molecule has 0 aliphatic heterocycles. The Morgan fingerprint density at radius 1 is 1.17 bits per heavy atom. The van der Waals surface area contributed by atoms with Crippen LogP contribution in [0.25, 0.3) is 0 Å². The number of anilines is 1. The van der Waals surface area contributed by atoms with Crippen molar-refractivity contribution in [3.63, 3.8) is 0 Å². The van der Waals surface area contributed by atoms with Gasteiger partial charge >= 0.3 is 0 Å². The molecular formula is C14H11FN2O. The Balaban J connectivity index is 2.19. The average Bonchev–Trinajstić information content (AvgIpc) is 2.38. The van der Waals surface area contributed by atoms with Gasteiger partial charge in [-0.15, -0.1) is 0 Å². The molecule has 0 radical (unpaired) electrons. The van der Waals surface area contributed by atoms with Crippen LogP contribution in [0.1, 0.15) is 11.1 Å². The molecule has 0 atom stereocenters. The third-order valence-corrected chi connectivity index (χ3v) is 2.53.